The van der Waals surface area contributed by atoms with Crippen LogP contribution in [-0.4, -0.2) is 43.4 Å². The lowest BCUT2D eigenvalue weighted by Gasteiger charge is -2.25. The van der Waals surface area contributed by atoms with E-state index in [0.29, 0.717) is 37.2 Å². The molecule has 8 heteroatoms. The van der Waals surface area contributed by atoms with Crippen LogP contribution in [0, 0.1) is 0 Å². The minimum Gasteiger partial charge on any atom is -0.424 e. The van der Waals surface area contributed by atoms with Gasteiger partial charge in [0.25, 0.3) is 0 Å². The highest BCUT2D eigenvalue weighted by Crippen LogP contribution is 2.20. The van der Waals surface area contributed by atoms with Crippen molar-refractivity contribution in [2.24, 2.45) is 0 Å². The maximum atomic E-state index is 11.8. The molecular formula is C18H26N6O2. The molecule has 1 saturated carbocycles. The Hall–Kier alpha value is -2.22. The van der Waals surface area contributed by atoms with Gasteiger partial charge in [-0.25, -0.2) is 0 Å². The number of carbonyl (C=O) groups is 1. The first-order valence-corrected chi connectivity index (χ1v) is 9.46. The molecule has 8 nitrogen and oxygen atoms in total. The second-order valence-corrected chi connectivity index (χ2v) is 7.59. The first kappa shape index (κ1) is 17.2. The monoisotopic (exact) mass is 358 g/mol. The van der Waals surface area contributed by atoms with Crippen LogP contribution in [0.2, 0.25) is 0 Å². The van der Waals surface area contributed by atoms with Gasteiger partial charge in [0.2, 0.25) is 17.7 Å². The van der Waals surface area contributed by atoms with Gasteiger partial charge >= 0.3 is 0 Å². The molecule has 2 aliphatic rings. The van der Waals surface area contributed by atoms with Gasteiger partial charge in [0.05, 0.1) is 24.5 Å². The van der Waals surface area contributed by atoms with E-state index in [1.165, 1.54) is 5.69 Å². The van der Waals surface area contributed by atoms with Gasteiger partial charge in [-0.1, -0.05) is 13.8 Å². The summed E-state index contributed by atoms with van der Waals surface area (Å²) in [6.45, 7) is 7.29. The summed E-state index contributed by atoms with van der Waals surface area (Å²) < 4.78 is 7.77. The van der Waals surface area contributed by atoms with Crippen LogP contribution in [0.15, 0.2) is 10.5 Å². The molecule has 1 amide bonds. The molecule has 0 bridgehead atoms. The molecule has 1 N–H and O–H groups in total. The van der Waals surface area contributed by atoms with Crippen molar-refractivity contribution in [3.05, 3.63) is 29.2 Å². The van der Waals surface area contributed by atoms with Crippen molar-refractivity contribution >= 4 is 5.91 Å². The molecule has 26 heavy (non-hydrogen) atoms. The number of aryl methyl sites for hydroxylation is 1. The Morgan fingerprint density at radius 1 is 1.35 bits per heavy atom. The van der Waals surface area contributed by atoms with Crippen LogP contribution in [0.3, 0.4) is 0 Å². The lowest BCUT2D eigenvalue weighted by atomic mass is 10.2. The normalized spacial score (nSPS) is 17.5. The fourth-order valence-electron chi connectivity index (χ4n) is 3.16. The summed E-state index contributed by atoms with van der Waals surface area (Å²) in [5, 5.41) is 15.9. The van der Waals surface area contributed by atoms with Gasteiger partial charge in [0, 0.05) is 37.9 Å². The molecule has 0 radical (unpaired) electrons. The van der Waals surface area contributed by atoms with E-state index in [-0.39, 0.29) is 11.8 Å². The predicted molar refractivity (Wildman–Crippen MR) is 94.2 cm³/mol. The lowest BCUT2D eigenvalue weighted by molar-refractivity contribution is -0.121. The molecule has 140 valence electrons. The average Bonchev–Trinajstić information content (AvgIpc) is 3.14. The molecule has 0 atom stereocenters. The summed E-state index contributed by atoms with van der Waals surface area (Å²) in [4.78, 5) is 14.1. The molecule has 0 spiro atoms. The third-order valence-corrected chi connectivity index (χ3v) is 4.81. The molecule has 0 aromatic carbocycles. The third kappa shape index (κ3) is 4.12. The van der Waals surface area contributed by atoms with Crippen molar-refractivity contribution in [3.63, 3.8) is 0 Å². The molecule has 1 fully saturated rings. The van der Waals surface area contributed by atoms with Gasteiger partial charge in [0.15, 0.2) is 0 Å². The SMILES string of the molecule is CC(C)c1nnc(CN2CCn3nc(CCC(=O)NC4CC4)cc3C2)o1. The smallest absolute Gasteiger partial charge is 0.230 e. The van der Waals surface area contributed by atoms with E-state index in [0.717, 1.165) is 38.2 Å². The zero-order valence-electron chi connectivity index (χ0n) is 15.4. The average molecular weight is 358 g/mol. The second kappa shape index (κ2) is 7.19. The second-order valence-electron chi connectivity index (χ2n) is 7.59. The predicted octanol–water partition coefficient (Wildman–Crippen LogP) is 1.62. The number of rotatable bonds is 7. The van der Waals surface area contributed by atoms with Gasteiger partial charge in [0.1, 0.15) is 0 Å². The molecule has 2 aromatic rings. The summed E-state index contributed by atoms with van der Waals surface area (Å²) in [6.07, 6.45) is 3.45. The van der Waals surface area contributed by atoms with E-state index in [2.05, 4.69) is 36.3 Å². The summed E-state index contributed by atoms with van der Waals surface area (Å²) in [5.74, 6) is 1.74. The molecule has 1 aliphatic heterocycles. The Bertz CT molecular complexity index is 776. The molecule has 2 aromatic heterocycles. The quantitative estimate of drug-likeness (QED) is 0.809. The van der Waals surface area contributed by atoms with Crippen LogP contribution in [0.5, 0.6) is 0 Å². The van der Waals surface area contributed by atoms with Crippen LogP contribution in [0.1, 0.15) is 62.2 Å². The zero-order valence-corrected chi connectivity index (χ0v) is 15.4. The first-order chi connectivity index (χ1) is 12.6. The van der Waals surface area contributed by atoms with Gasteiger partial charge < -0.3 is 9.73 Å². The van der Waals surface area contributed by atoms with Crippen LogP contribution in [-0.2, 0) is 30.8 Å². The van der Waals surface area contributed by atoms with Crippen LogP contribution >= 0.6 is 0 Å². The fraction of sp³-hybridized carbons (Fsp3) is 0.667. The van der Waals surface area contributed by atoms with Gasteiger partial charge in [-0.2, -0.15) is 5.10 Å². The number of amides is 1. The highest BCUT2D eigenvalue weighted by atomic mass is 16.4. The van der Waals surface area contributed by atoms with E-state index in [1.54, 1.807) is 0 Å². The zero-order chi connectivity index (χ0) is 18.1. The van der Waals surface area contributed by atoms with Crippen molar-refractivity contribution in [1.29, 1.82) is 0 Å². The Kier molecular flexibility index (Phi) is 4.76. The fourth-order valence-corrected chi connectivity index (χ4v) is 3.16. The van der Waals surface area contributed by atoms with E-state index in [4.69, 9.17) is 4.42 Å². The summed E-state index contributed by atoms with van der Waals surface area (Å²) in [5.41, 5.74) is 2.17. The minimum absolute atomic E-state index is 0.137. The maximum Gasteiger partial charge on any atom is 0.230 e. The summed E-state index contributed by atoms with van der Waals surface area (Å²) in [6, 6.07) is 2.54. The molecule has 0 saturated heterocycles. The van der Waals surface area contributed by atoms with Crippen LogP contribution in [0.4, 0.5) is 0 Å². The molecule has 1 aliphatic carbocycles. The summed E-state index contributed by atoms with van der Waals surface area (Å²) >= 11 is 0. The van der Waals surface area contributed by atoms with Crippen LogP contribution in [0.25, 0.3) is 0 Å². The van der Waals surface area contributed by atoms with E-state index < -0.39 is 0 Å². The minimum atomic E-state index is 0.137. The van der Waals surface area contributed by atoms with Crippen molar-refractivity contribution in [2.45, 2.75) is 71.1 Å². The van der Waals surface area contributed by atoms with Crippen molar-refractivity contribution < 1.29 is 9.21 Å². The Labute approximate surface area is 153 Å². The highest BCUT2D eigenvalue weighted by molar-refractivity contribution is 5.76. The van der Waals surface area contributed by atoms with E-state index >= 15 is 0 Å². The number of hydrogen-bond donors (Lipinski definition) is 1. The molecule has 0 unspecified atom stereocenters. The number of nitrogens with one attached hydrogen (secondary N) is 1. The van der Waals surface area contributed by atoms with Crippen molar-refractivity contribution in [2.75, 3.05) is 6.54 Å². The number of aromatic nitrogens is 4. The molecular weight excluding hydrogens is 332 g/mol. The van der Waals surface area contributed by atoms with Gasteiger partial charge in [-0.15, -0.1) is 10.2 Å². The maximum absolute atomic E-state index is 11.8. The van der Waals surface area contributed by atoms with Gasteiger partial charge in [-0.05, 0) is 18.9 Å². The number of carbonyl (C=O) groups excluding carboxylic acids is 1. The number of nitrogens with zero attached hydrogens (tertiary/aromatic N) is 5. The summed E-state index contributed by atoms with van der Waals surface area (Å²) in [7, 11) is 0. The van der Waals surface area contributed by atoms with Crippen molar-refractivity contribution in [1.82, 2.24) is 30.2 Å². The first-order valence-electron chi connectivity index (χ1n) is 9.46. The largest absolute Gasteiger partial charge is 0.424 e. The number of fused-ring (bicyclic) bond motifs is 1. The highest BCUT2D eigenvalue weighted by Gasteiger charge is 2.24. The Morgan fingerprint density at radius 3 is 2.92 bits per heavy atom. The van der Waals surface area contributed by atoms with Crippen LogP contribution < -0.4 is 5.32 Å². The standard InChI is InChI=1S/C18H26N6O2/c1-12(2)18-21-20-17(26-18)11-23-7-8-24-15(10-23)9-14(22-24)5-6-16(25)19-13-3-4-13/h9,12-13H,3-8,10-11H2,1-2H3,(H,19,25). The van der Waals surface area contributed by atoms with E-state index in [1.807, 2.05) is 13.8 Å². The molecule has 3 heterocycles. The number of hydrogen-bond acceptors (Lipinski definition) is 6. The molecule has 4 rings (SSSR count). The van der Waals surface area contributed by atoms with Crippen molar-refractivity contribution in [3.8, 4) is 0 Å². The topological polar surface area (TPSA) is 89.1 Å². The van der Waals surface area contributed by atoms with E-state index in [9.17, 15) is 4.79 Å². The third-order valence-electron chi connectivity index (χ3n) is 4.81. The van der Waals surface area contributed by atoms with Gasteiger partial charge in [-0.3, -0.25) is 14.4 Å². The Balaban J connectivity index is 1.31. The lowest BCUT2D eigenvalue weighted by Crippen LogP contribution is -2.33. The Morgan fingerprint density at radius 2 is 2.19 bits per heavy atom.